The molecule has 0 heterocycles. The second-order valence-corrected chi connectivity index (χ2v) is 6.26. The van der Waals surface area contributed by atoms with Gasteiger partial charge in [0.25, 0.3) is 11.8 Å². The van der Waals surface area contributed by atoms with E-state index in [9.17, 15) is 14.4 Å². The summed E-state index contributed by atoms with van der Waals surface area (Å²) in [5, 5.41) is 5.01. The first-order chi connectivity index (χ1) is 15.4. The van der Waals surface area contributed by atoms with E-state index in [0.29, 0.717) is 40.9 Å². The van der Waals surface area contributed by atoms with E-state index >= 15 is 0 Å². The summed E-state index contributed by atoms with van der Waals surface area (Å²) in [5.41, 5.74) is 0.728. The molecule has 0 unspecified atom stereocenters. The Kier molecular flexibility index (Phi) is 9.15. The third-order valence-corrected chi connectivity index (χ3v) is 4.13. The molecule has 10 nitrogen and oxygen atoms in total. The lowest BCUT2D eigenvalue weighted by Crippen LogP contribution is -2.32. The molecular formula is C22H26N2O8. The van der Waals surface area contributed by atoms with Crippen LogP contribution in [0.15, 0.2) is 36.4 Å². The van der Waals surface area contributed by atoms with Gasteiger partial charge in [-0.2, -0.15) is 0 Å². The number of carbonyl (C=O) groups is 3. The van der Waals surface area contributed by atoms with Crippen molar-refractivity contribution in [2.75, 3.05) is 46.4 Å². The lowest BCUT2D eigenvalue weighted by Gasteiger charge is -2.14. The number of carbonyl (C=O) groups excluding carboxylic acids is 3. The van der Waals surface area contributed by atoms with Gasteiger partial charge in [-0.3, -0.25) is 14.4 Å². The van der Waals surface area contributed by atoms with Gasteiger partial charge in [0.15, 0.2) is 18.1 Å². The van der Waals surface area contributed by atoms with Crippen molar-refractivity contribution in [3.8, 4) is 23.0 Å². The van der Waals surface area contributed by atoms with Gasteiger partial charge in [0.2, 0.25) is 5.75 Å². The fraction of sp³-hybridized carbons (Fsp3) is 0.318. The Balaban J connectivity index is 1.82. The fourth-order valence-electron chi connectivity index (χ4n) is 2.67. The van der Waals surface area contributed by atoms with Gasteiger partial charge in [0, 0.05) is 23.4 Å². The van der Waals surface area contributed by atoms with Crippen molar-refractivity contribution in [3.63, 3.8) is 0 Å². The monoisotopic (exact) mass is 446 g/mol. The summed E-state index contributed by atoms with van der Waals surface area (Å²) in [6.07, 6.45) is 0. The molecule has 0 aliphatic heterocycles. The number of hydrogen-bond acceptors (Lipinski definition) is 8. The van der Waals surface area contributed by atoms with Crippen molar-refractivity contribution in [2.24, 2.45) is 0 Å². The summed E-state index contributed by atoms with van der Waals surface area (Å²) >= 11 is 0. The number of esters is 1. The van der Waals surface area contributed by atoms with Crippen LogP contribution in [0.3, 0.4) is 0 Å². The van der Waals surface area contributed by atoms with Crippen molar-refractivity contribution >= 4 is 23.5 Å². The second-order valence-electron chi connectivity index (χ2n) is 6.26. The maximum absolute atomic E-state index is 12.1. The van der Waals surface area contributed by atoms with Crippen LogP contribution in [-0.4, -0.2) is 58.9 Å². The number of ether oxygens (including phenoxy) is 5. The van der Waals surface area contributed by atoms with E-state index in [-0.39, 0.29) is 6.54 Å². The maximum Gasteiger partial charge on any atom is 0.325 e. The minimum Gasteiger partial charge on any atom is -0.494 e. The van der Waals surface area contributed by atoms with Crippen LogP contribution in [0.5, 0.6) is 23.0 Å². The molecule has 2 rings (SSSR count). The third kappa shape index (κ3) is 6.79. The molecule has 10 heteroatoms. The number of amides is 2. The summed E-state index contributed by atoms with van der Waals surface area (Å²) in [7, 11) is 4.37. The Morgan fingerprint density at radius 1 is 0.906 bits per heavy atom. The number of methoxy groups -OCH3 is 3. The smallest absolute Gasteiger partial charge is 0.325 e. The number of benzene rings is 2. The standard InChI is InChI=1S/C22H26N2O8/c1-5-31-16-8-6-14(7-9-16)22(27)23-12-20(26)32-13-19(25)24-15-10-17(28-2)21(30-4)18(11-15)29-3/h6-11H,5,12-13H2,1-4H3,(H,23,27)(H,24,25). The van der Waals surface area contributed by atoms with Crippen molar-refractivity contribution in [3.05, 3.63) is 42.0 Å². The molecule has 2 N–H and O–H groups in total. The summed E-state index contributed by atoms with van der Waals surface area (Å²) < 4.78 is 25.9. The molecule has 172 valence electrons. The number of nitrogens with one attached hydrogen (secondary N) is 2. The van der Waals surface area contributed by atoms with E-state index in [4.69, 9.17) is 23.7 Å². The summed E-state index contributed by atoms with van der Waals surface area (Å²) in [6, 6.07) is 9.55. The molecular weight excluding hydrogens is 420 g/mol. The highest BCUT2D eigenvalue weighted by atomic mass is 16.5. The van der Waals surface area contributed by atoms with Crippen LogP contribution < -0.4 is 29.6 Å². The average Bonchev–Trinajstić information content (AvgIpc) is 2.81. The highest BCUT2D eigenvalue weighted by Gasteiger charge is 2.16. The molecule has 2 aromatic rings. The van der Waals surface area contributed by atoms with Gasteiger partial charge in [-0.15, -0.1) is 0 Å². The minimum absolute atomic E-state index is 0.358. The van der Waals surface area contributed by atoms with Gasteiger partial charge in [-0.1, -0.05) is 0 Å². The Morgan fingerprint density at radius 2 is 1.53 bits per heavy atom. The van der Waals surface area contributed by atoms with Crippen molar-refractivity contribution in [1.29, 1.82) is 0 Å². The third-order valence-electron chi connectivity index (χ3n) is 4.13. The van der Waals surface area contributed by atoms with E-state index in [1.54, 1.807) is 24.3 Å². The SMILES string of the molecule is CCOc1ccc(C(=O)NCC(=O)OCC(=O)Nc2cc(OC)c(OC)c(OC)c2)cc1. The first-order valence-corrected chi connectivity index (χ1v) is 9.68. The zero-order valence-electron chi connectivity index (χ0n) is 18.4. The van der Waals surface area contributed by atoms with Gasteiger partial charge >= 0.3 is 5.97 Å². The van der Waals surface area contributed by atoms with Gasteiger partial charge < -0.3 is 34.3 Å². The molecule has 2 amide bonds. The van der Waals surface area contributed by atoms with Crippen molar-refractivity contribution < 1.29 is 38.1 Å². The average molecular weight is 446 g/mol. The molecule has 0 aliphatic rings. The van der Waals surface area contributed by atoms with Crippen LogP contribution in [0.25, 0.3) is 0 Å². The van der Waals surface area contributed by atoms with Gasteiger partial charge in [-0.25, -0.2) is 0 Å². The Labute approximate surface area is 185 Å². The van der Waals surface area contributed by atoms with Crippen LogP contribution in [-0.2, 0) is 14.3 Å². The number of rotatable bonds is 11. The topological polar surface area (TPSA) is 121 Å². The van der Waals surface area contributed by atoms with Crippen molar-refractivity contribution in [2.45, 2.75) is 6.92 Å². The Bertz CT molecular complexity index is 918. The normalized spacial score (nSPS) is 10.0. The molecule has 0 spiro atoms. The van der Waals surface area contributed by atoms with Crippen LogP contribution in [0.1, 0.15) is 17.3 Å². The highest BCUT2D eigenvalue weighted by Crippen LogP contribution is 2.39. The lowest BCUT2D eigenvalue weighted by molar-refractivity contribution is -0.146. The van der Waals surface area contributed by atoms with Crippen LogP contribution >= 0.6 is 0 Å². The quantitative estimate of drug-likeness (QED) is 0.503. The molecule has 0 aromatic heterocycles. The van der Waals surface area contributed by atoms with E-state index in [1.807, 2.05) is 6.92 Å². The molecule has 0 fully saturated rings. The molecule has 0 radical (unpaired) electrons. The number of hydrogen-bond donors (Lipinski definition) is 2. The molecule has 2 aromatic carbocycles. The van der Waals surface area contributed by atoms with E-state index in [2.05, 4.69) is 10.6 Å². The zero-order valence-corrected chi connectivity index (χ0v) is 18.4. The number of anilines is 1. The second kappa shape index (κ2) is 12.0. The lowest BCUT2D eigenvalue weighted by atomic mass is 10.2. The summed E-state index contributed by atoms with van der Waals surface area (Å²) in [4.78, 5) is 36.1. The van der Waals surface area contributed by atoms with Crippen molar-refractivity contribution in [1.82, 2.24) is 5.32 Å². The van der Waals surface area contributed by atoms with Gasteiger partial charge in [0.1, 0.15) is 12.3 Å². The Hall–Kier alpha value is -3.95. The van der Waals surface area contributed by atoms with Gasteiger partial charge in [0.05, 0.1) is 27.9 Å². The van der Waals surface area contributed by atoms with Crippen LogP contribution in [0.2, 0.25) is 0 Å². The van der Waals surface area contributed by atoms with E-state index in [0.717, 1.165) is 0 Å². The molecule has 0 saturated carbocycles. The molecule has 0 atom stereocenters. The van der Waals surface area contributed by atoms with Gasteiger partial charge in [-0.05, 0) is 31.2 Å². The first kappa shape index (κ1) is 24.3. The van der Waals surface area contributed by atoms with Crippen LogP contribution in [0, 0.1) is 0 Å². The fourth-order valence-corrected chi connectivity index (χ4v) is 2.67. The zero-order chi connectivity index (χ0) is 23.5. The Morgan fingerprint density at radius 3 is 2.06 bits per heavy atom. The molecule has 0 saturated heterocycles. The summed E-state index contributed by atoms with van der Waals surface area (Å²) in [6.45, 7) is 1.46. The van der Waals surface area contributed by atoms with E-state index in [1.165, 1.54) is 33.5 Å². The predicted molar refractivity (Wildman–Crippen MR) is 116 cm³/mol. The molecule has 0 aliphatic carbocycles. The minimum atomic E-state index is -0.760. The largest absolute Gasteiger partial charge is 0.494 e. The predicted octanol–water partition coefficient (Wildman–Crippen LogP) is 2.02. The first-order valence-electron chi connectivity index (χ1n) is 9.68. The highest BCUT2D eigenvalue weighted by molar-refractivity contribution is 5.96. The maximum atomic E-state index is 12.1. The molecule has 0 bridgehead atoms. The molecule has 32 heavy (non-hydrogen) atoms. The summed E-state index contributed by atoms with van der Waals surface area (Å²) in [5.74, 6) is -0.0572. The van der Waals surface area contributed by atoms with E-state index < -0.39 is 24.4 Å². The van der Waals surface area contributed by atoms with Crippen LogP contribution in [0.4, 0.5) is 5.69 Å².